The summed E-state index contributed by atoms with van der Waals surface area (Å²) in [5.74, 6) is 0.672. The third kappa shape index (κ3) is 4.09. The third-order valence-electron chi connectivity index (χ3n) is 4.96. The predicted molar refractivity (Wildman–Crippen MR) is 95.0 cm³/mol. The van der Waals surface area contributed by atoms with E-state index in [2.05, 4.69) is 10.3 Å². The summed E-state index contributed by atoms with van der Waals surface area (Å²) in [7, 11) is 0. The van der Waals surface area contributed by atoms with Crippen molar-refractivity contribution in [2.24, 2.45) is 5.92 Å². The molecule has 24 heavy (non-hydrogen) atoms. The molecule has 2 fully saturated rings. The number of aromatic nitrogens is 1. The van der Waals surface area contributed by atoms with Crippen molar-refractivity contribution in [3.8, 4) is 0 Å². The minimum Gasteiger partial charge on any atom is -0.347 e. The minimum atomic E-state index is -0.134. The fourth-order valence-corrected chi connectivity index (χ4v) is 4.26. The van der Waals surface area contributed by atoms with Crippen LogP contribution in [0.3, 0.4) is 0 Å². The van der Waals surface area contributed by atoms with Gasteiger partial charge in [-0.15, -0.1) is 11.8 Å². The molecule has 1 saturated heterocycles. The van der Waals surface area contributed by atoms with E-state index in [9.17, 15) is 9.59 Å². The third-order valence-corrected chi connectivity index (χ3v) is 5.67. The second kappa shape index (κ2) is 8.01. The molecule has 6 heteroatoms. The van der Waals surface area contributed by atoms with E-state index in [1.165, 1.54) is 43.9 Å². The van der Waals surface area contributed by atoms with Gasteiger partial charge in [-0.25, -0.2) is 4.98 Å². The van der Waals surface area contributed by atoms with Gasteiger partial charge in [0.15, 0.2) is 0 Å². The van der Waals surface area contributed by atoms with Crippen molar-refractivity contribution < 1.29 is 9.59 Å². The van der Waals surface area contributed by atoms with Gasteiger partial charge in [-0.3, -0.25) is 9.59 Å². The fourth-order valence-electron chi connectivity index (χ4n) is 3.72. The molecular formula is C18H25N3O2S. The summed E-state index contributed by atoms with van der Waals surface area (Å²) in [6.07, 6.45) is 10.4. The molecule has 0 bridgehead atoms. The van der Waals surface area contributed by atoms with E-state index in [1.807, 2.05) is 11.2 Å². The molecule has 1 N–H and O–H groups in total. The SMILES string of the molecule is CSc1ncccc1C(=O)N[C@H]1CC(=O)N(CC2CCCCC2)C1. The zero-order chi connectivity index (χ0) is 16.9. The lowest BCUT2D eigenvalue weighted by Crippen LogP contribution is -2.38. The second-order valence-corrected chi connectivity index (χ2v) is 7.53. The quantitative estimate of drug-likeness (QED) is 0.832. The molecule has 0 radical (unpaired) electrons. The van der Waals surface area contributed by atoms with Crippen LogP contribution in [0.1, 0.15) is 48.9 Å². The van der Waals surface area contributed by atoms with Crippen molar-refractivity contribution in [2.45, 2.75) is 49.6 Å². The molecule has 0 spiro atoms. The molecule has 1 aromatic rings. The Morgan fingerprint density at radius 1 is 1.38 bits per heavy atom. The van der Waals surface area contributed by atoms with Gasteiger partial charge in [0.2, 0.25) is 5.91 Å². The summed E-state index contributed by atoms with van der Waals surface area (Å²) in [6.45, 7) is 1.49. The van der Waals surface area contributed by atoms with Gasteiger partial charge < -0.3 is 10.2 Å². The van der Waals surface area contributed by atoms with E-state index in [0.29, 0.717) is 24.4 Å². The lowest BCUT2D eigenvalue weighted by atomic mass is 9.89. The van der Waals surface area contributed by atoms with E-state index in [0.717, 1.165) is 11.6 Å². The average molecular weight is 347 g/mol. The smallest absolute Gasteiger partial charge is 0.254 e. The summed E-state index contributed by atoms with van der Waals surface area (Å²) in [6, 6.07) is 3.46. The Morgan fingerprint density at radius 2 is 2.17 bits per heavy atom. The van der Waals surface area contributed by atoms with Crippen LogP contribution in [0.4, 0.5) is 0 Å². The number of thioether (sulfide) groups is 1. The summed E-state index contributed by atoms with van der Waals surface area (Å²) < 4.78 is 0. The van der Waals surface area contributed by atoms with Crippen LogP contribution in [-0.2, 0) is 4.79 Å². The Kier molecular flexibility index (Phi) is 5.76. The van der Waals surface area contributed by atoms with Gasteiger partial charge in [0.1, 0.15) is 5.03 Å². The first-order valence-electron chi connectivity index (χ1n) is 8.75. The monoisotopic (exact) mass is 347 g/mol. The average Bonchev–Trinajstić information content (AvgIpc) is 2.94. The van der Waals surface area contributed by atoms with E-state index in [4.69, 9.17) is 0 Å². The summed E-state index contributed by atoms with van der Waals surface area (Å²) in [5, 5.41) is 3.73. The summed E-state index contributed by atoms with van der Waals surface area (Å²) >= 11 is 1.46. The number of hydrogen-bond acceptors (Lipinski definition) is 4. The van der Waals surface area contributed by atoms with E-state index in [1.54, 1.807) is 18.3 Å². The fraction of sp³-hybridized carbons (Fsp3) is 0.611. The van der Waals surface area contributed by atoms with Gasteiger partial charge in [0.25, 0.3) is 5.91 Å². The number of likely N-dealkylation sites (tertiary alicyclic amines) is 1. The van der Waals surface area contributed by atoms with Gasteiger partial charge in [0, 0.05) is 25.7 Å². The maximum atomic E-state index is 12.5. The zero-order valence-electron chi connectivity index (χ0n) is 14.2. The van der Waals surface area contributed by atoms with Crippen LogP contribution in [0.2, 0.25) is 0 Å². The first-order chi connectivity index (χ1) is 11.7. The van der Waals surface area contributed by atoms with Gasteiger partial charge in [-0.2, -0.15) is 0 Å². The molecule has 1 aliphatic heterocycles. The zero-order valence-corrected chi connectivity index (χ0v) is 15.0. The number of pyridine rings is 1. The van der Waals surface area contributed by atoms with Gasteiger partial charge in [0.05, 0.1) is 11.6 Å². The number of nitrogens with one attached hydrogen (secondary N) is 1. The molecule has 1 aliphatic carbocycles. The van der Waals surface area contributed by atoms with E-state index in [-0.39, 0.29) is 17.9 Å². The molecule has 0 unspecified atom stereocenters. The first kappa shape index (κ1) is 17.3. The Balaban J connectivity index is 1.56. The number of nitrogens with zero attached hydrogens (tertiary/aromatic N) is 2. The first-order valence-corrected chi connectivity index (χ1v) is 9.97. The molecule has 5 nitrogen and oxygen atoms in total. The van der Waals surface area contributed by atoms with Crippen LogP contribution in [0, 0.1) is 5.92 Å². The lowest BCUT2D eigenvalue weighted by molar-refractivity contribution is -0.128. The number of carbonyl (C=O) groups excluding carboxylic acids is 2. The molecule has 1 aromatic heterocycles. The highest BCUT2D eigenvalue weighted by Crippen LogP contribution is 2.26. The van der Waals surface area contributed by atoms with Gasteiger partial charge in [-0.05, 0) is 37.1 Å². The summed E-state index contributed by atoms with van der Waals surface area (Å²) in [5.41, 5.74) is 0.586. The topological polar surface area (TPSA) is 62.3 Å². The predicted octanol–water partition coefficient (Wildman–Crippen LogP) is 2.71. The molecule has 1 atom stereocenters. The van der Waals surface area contributed by atoms with Crippen molar-refractivity contribution in [1.29, 1.82) is 0 Å². The molecule has 2 amide bonds. The van der Waals surface area contributed by atoms with Crippen molar-refractivity contribution >= 4 is 23.6 Å². The normalized spacial score (nSPS) is 22.0. The maximum absolute atomic E-state index is 12.5. The number of amides is 2. The van der Waals surface area contributed by atoms with Gasteiger partial charge >= 0.3 is 0 Å². The van der Waals surface area contributed by atoms with E-state index < -0.39 is 0 Å². The molecular weight excluding hydrogens is 322 g/mol. The van der Waals surface area contributed by atoms with Crippen molar-refractivity contribution in [2.75, 3.05) is 19.3 Å². The van der Waals surface area contributed by atoms with Crippen LogP contribution in [0.5, 0.6) is 0 Å². The lowest BCUT2D eigenvalue weighted by Gasteiger charge is -2.27. The van der Waals surface area contributed by atoms with Crippen molar-refractivity contribution in [1.82, 2.24) is 15.2 Å². The summed E-state index contributed by atoms with van der Waals surface area (Å²) in [4.78, 5) is 30.9. The molecule has 1 saturated carbocycles. The highest BCUT2D eigenvalue weighted by Gasteiger charge is 2.32. The number of carbonyl (C=O) groups is 2. The number of rotatable bonds is 5. The van der Waals surface area contributed by atoms with Crippen LogP contribution in [-0.4, -0.2) is 47.1 Å². The molecule has 0 aromatic carbocycles. The Morgan fingerprint density at radius 3 is 2.92 bits per heavy atom. The standard InChI is InChI=1S/C18H25N3O2S/c1-24-18-15(8-5-9-19-18)17(23)20-14-10-16(22)21(12-14)11-13-6-3-2-4-7-13/h5,8-9,13-14H,2-4,6-7,10-12H2,1H3,(H,20,23)/t14-/m0/s1. The van der Waals surface area contributed by atoms with Crippen LogP contribution >= 0.6 is 11.8 Å². The second-order valence-electron chi connectivity index (χ2n) is 6.74. The number of hydrogen-bond donors (Lipinski definition) is 1. The van der Waals surface area contributed by atoms with Crippen LogP contribution in [0.25, 0.3) is 0 Å². The van der Waals surface area contributed by atoms with Crippen LogP contribution in [0.15, 0.2) is 23.4 Å². The molecule has 3 rings (SSSR count). The van der Waals surface area contributed by atoms with Gasteiger partial charge in [-0.1, -0.05) is 19.3 Å². The Labute approximate surface area is 147 Å². The van der Waals surface area contributed by atoms with Crippen LogP contribution < -0.4 is 5.32 Å². The largest absolute Gasteiger partial charge is 0.347 e. The maximum Gasteiger partial charge on any atom is 0.254 e. The highest BCUT2D eigenvalue weighted by atomic mass is 32.2. The Bertz CT molecular complexity index is 602. The molecule has 2 aliphatic rings. The van der Waals surface area contributed by atoms with E-state index >= 15 is 0 Å². The molecule has 2 heterocycles. The van der Waals surface area contributed by atoms with Crippen molar-refractivity contribution in [3.05, 3.63) is 23.9 Å². The molecule has 130 valence electrons. The van der Waals surface area contributed by atoms with Crippen molar-refractivity contribution in [3.63, 3.8) is 0 Å². The minimum absolute atomic E-state index is 0.0940. The highest BCUT2D eigenvalue weighted by molar-refractivity contribution is 7.98. The Hall–Kier alpha value is -1.56.